The minimum Gasteiger partial charge on any atom is -0.507 e. The quantitative estimate of drug-likeness (QED) is 0.333. The summed E-state index contributed by atoms with van der Waals surface area (Å²) in [5, 5.41) is 11.2. The summed E-state index contributed by atoms with van der Waals surface area (Å²) in [5.74, 6) is -0.440. The first kappa shape index (κ1) is 27.3. The Morgan fingerprint density at radius 3 is 2.62 bits per heavy atom. The van der Waals surface area contributed by atoms with Crippen LogP contribution in [0.15, 0.2) is 66.0 Å². The molecule has 2 aromatic heterocycles. The van der Waals surface area contributed by atoms with E-state index in [1.807, 2.05) is 49.9 Å². The van der Waals surface area contributed by atoms with Crippen molar-refractivity contribution in [2.45, 2.75) is 32.7 Å². The Morgan fingerprint density at radius 1 is 1.18 bits per heavy atom. The first-order valence-electron chi connectivity index (χ1n) is 13.0. The molecule has 8 nitrogen and oxygen atoms in total. The second kappa shape index (κ2) is 10.7. The first-order valence-corrected chi connectivity index (χ1v) is 13.4. The summed E-state index contributed by atoms with van der Waals surface area (Å²) >= 11 is 6.72. The van der Waals surface area contributed by atoms with E-state index < -0.39 is 11.5 Å². The van der Waals surface area contributed by atoms with Gasteiger partial charge in [-0.2, -0.15) is 4.98 Å². The zero-order chi connectivity index (χ0) is 28.7. The SMILES string of the molecule is C=CC(=O)N1CCN(c2nc(=O)n(-c3ccccc3C(C)C)c3nc(-c4cc(F)ccc4O)c(Cl)cc23)[C@@H](C)C1. The summed E-state index contributed by atoms with van der Waals surface area (Å²) in [6.07, 6.45) is 1.29. The third kappa shape index (κ3) is 4.81. The molecule has 10 heteroatoms. The summed E-state index contributed by atoms with van der Waals surface area (Å²) < 4.78 is 15.6. The van der Waals surface area contributed by atoms with E-state index in [4.69, 9.17) is 16.6 Å². The number of anilines is 1. The molecule has 1 aliphatic rings. The topological polar surface area (TPSA) is 91.6 Å². The molecule has 2 aromatic carbocycles. The predicted molar refractivity (Wildman–Crippen MR) is 155 cm³/mol. The van der Waals surface area contributed by atoms with Gasteiger partial charge in [-0.05, 0) is 54.8 Å². The molecule has 0 aliphatic carbocycles. The van der Waals surface area contributed by atoms with Crippen molar-refractivity contribution in [3.8, 4) is 22.7 Å². The number of aromatic nitrogens is 3. The number of piperazine rings is 1. The zero-order valence-electron chi connectivity index (χ0n) is 22.4. The van der Waals surface area contributed by atoms with Crippen LogP contribution in [-0.2, 0) is 4.79 Å². The second-order valence-corrected chi connectivity index (χ2v) is 10.6. The Morgan fingerprint density at radius 2 is 1.93 bits per heavy atom. The van der Waals surface area contributed by atoms with E-state index in [2.05, 4.69) is 11.6 Å². The summed E-state index contributed by atoms with van der Waals surface area (Å²) in [6, 6.07) is 12.5. The van der Waals surface area contributed by atoms with Crippen molar-refractivity contribution < 1.29 is 14.3 Å². The van der Waals surface area contributed by atoms with E-state index in [1.54, 1.807) is 11.0 Å². The normalized spacial score (nSPS) is 15.6. The van der Waals surface area contributed by atoms with Crippen molar-refractivity contribution in [3.05, 3.63) is 88.1 Å². The monoisotopic (exact) mass is 561 g/mol. The van der Waals surface area contributed by atoms with Crippen LogP contribution in [-0.4, -0.2) is 56.1 Å². The number of pyridine rings is 1. The Bertz CT molecular complexity index is 1700. The summed E-state index contributed by atoms with van der Waals surface area (Å²) in [7, 11) is 0. The molecule has 1 N–H and O–H groups in total. The summed E-state index contributed by atoms with van der Waals surface area (Å²) in [4.78, 5) is 39.0. The number of carbonyl (C=O) groups is 1. The van der Waals surface area contributed by atoms with Crippen LogP contribution < -0.4 is 10.6 Å². The molecular weight excluding hydrogens is 533 g/mol. The third-order valence-electron chi connectivity index (χ3n) is 7.20. The van der Waals surface area contributed by atoms with Crippen LogP contribution in [0.5, 0.6) is 5.75 Å². The van der Waals surface area contributed by atoms with Gasteiger partial charge in [0, 0.05) is 31.2 Å². The molecule has 0 bridgehead atoms. The lowest BCUT2D eigenvalue weighted by molar-refractivity contribution is -0.126. The van der Waals surface area contributed by atoms with Gasteiger partial charge in [-0.3, -0.25) is 4.79 Å². The highest BCUT2D eigenvalue weighted by molar-refractivity contribution is 6.34. The maximum Gasteiger partial charge on any atom is 0.355 e. The average Bonchev–Trinajstić information content (AvgIpc) is 2.93. The first-order chi connectivity index (χ1) is 19.1. The van der Waals surface area contributed by atoms with Crippen LogP contribution in [0.3, 0.4) is 0 Å². The molecular formula is C30H29ClFN5O3. The van der Waals surface area contributed by atoms with Gasteiger partial charge in [0.25, 0.3) is 0 Å². The lowest BCUT2D eigenvalue weighted by Crippen LogP contribution is -2.54. The fourth-order valence-corrected chi connectivity index (χ4v) is 5.46. The Labute approximate surface area is 236 Å². The minimum absolute atomic E-state index is 0.0901. The van der Waals surface area contributed by atoms with Gasteiger partial charge in [0.15, 0.2) is 5.65 Å². The van der Waals surface area contributed by atoms with Crippen LogP contribution in [0.4, 0.5) is 10.2 Å². The van der Waals surface area contributed by atoms with Gasteiger partial charge in [0.05, 0.1) is 21.8 Å². The molecule has 0 radical (unpaired) electrons. The molecule has 0 unspecified atom stereocenters. The van der Waals surface area contributed by atoms with E-state index in [9.17, 15) is 19.1 Å². The zero-order valence-corrected chi connectivity index (χ0v) is 23.2. The third-order valence-corrected chi connectivity index (χ3v) is 7.49. The number of phenolic OH excluding ortho intramolecular Hbond substituents is 1. The highest BCUT2D eigenvalue weighted by Crippen LogP contribution is 2.38. The van der Waals surface area contributed by atoms with Gasteiger partial charge in [-0.25, -0.2) is 18.7 Å². The number of hydrogen-bond acceptors (Lipinski definition) is 6. The summed E-state index contributed by atoms with van der Waals surface area (Å²) in [6.45, 7) is 10.9. The standard InChI is InChI=1S/C30H29ClFN5O3/c1-5-26(39)35-12-13-36(18(4)16-35)28-22-15-23(31)27(21-14-19(32)10-11-25(21)38)33-29(22)37(30(40)34-28)24-9-7-6-8-20(24)17(2)3/h5-11,14-15,17-18,38H,1,12-13,16H2,2-4H3/t18-/m0/s1. The average molecular weight is 562 g/mol. The van der Waals surface area contributed by atoms with Crippen molar-refractivity contribution in [1.29, 1.82) is 0 Å². The van der Waals surface area contributed by atoms with E-state index in [1.165, 1.54) is 16.7 Å². The van der Waals surface area contributed by atoms with Gasteiger partial charge in [0.1, 0.15) is 17.4 Å². The number of carbonyl (C=O) groups excluding carboxylic acids is 1. The number of halogens is 2. The van der Waals surface area contributed by atoms with Crippen molar-refractivity contribution in [2.75, 3.05) is 24.5 Å². The van der Waals surface area contributed by atoms with Gasteiger partial charge in [-0.15, -0.1) is 0 Å². The van der Waals surface area contributed by atoms with Gasteiger partial charge in [0.2, 0.25) is 5.91 Å². The molecule has 0 saturated carbocycles. The van der Waals surface area contributed by atoms with E-state index >= 15 is 0 Å². The lowest BCUT2D eigenvalue weighted by Gasteiger charge is -2.40. The van der Waals surface area contributed by atoms with Crippen LogP contribution in [0, 0.1) is 5.82 Å². The van der Waals surface area contributed by atoms with E-state index in [0.717, 1.165) is 17.7 Å². The molecule has 206 valence electrons. The maximum absolute atomic E-state index is 14.2. The predicted octanol–water partition coefficient (Wildman–Crippen LogP) is 5.29. The molecule has 1 atom stereocenters. The molecule has 1 aliphatic heterocycles. The molecule has 0 spiro atoms. The number of amides is 1. The molecule has 1 saturated heterocycles. The second-order valence-electron chi connectivity index (χ2n) is 10.1. The van der Waals surface area contributed by atoms with Gasteiger partial charge < -0.3 is 14.9 Å². The number of fused-ring (bicyclic) bond motifs is 1. The van der Waals surface area contributed by atoms with Crippen LogP contribution in [0.25, 0.3) is 28.0 Å². The van der Waals surface area contributed by atoms with Gasteiger partial charge in [-0.1, -0.05) is 50.2 Å². The maximum atomic E-state index is 14.2. The molecule has 5 rings (SSSR count). The van der Waals surface area contributed by atoms with Crippen molar-refractivity contribution in [2.24, 2.45) is 0 Å². The Kier molecular flexibility index (Phi) is 7.33. The fourth-order valence-electron chi connectivity index (χ4n) is 5.21. The summed E-state index contributed by atoms with van der Waals surface area (Å²) in [5.41, 5.74) is 1.49. The van der Waals surface area contributed by atoms with Crippen LogP contribution in [0.2, 0.25) is 5.02 Å². The van der Waals surface area contributed by atoms with Crippen molar-refractivity contribution in [1.82, 2.24) is 19.4 Å². The number of nitrogens with zero attached hydrogens (tertiary/aromatic N) is 5. The lowest BCUT2D eigenvalue weighted by atomic mass is 10.0. The number of hydrogen-bond donors (Lipinski definition) is 1. The smallest absolute Gasteiger partial charge is 0.355 e. The number of aromatic hydroxyl groups is 1. The molecule has 40 heavy (non-hydrogen) atoms. The van der Waals surface area contributed by atoms with Crippen LogP contribution >= 0.6 is 11.6 Å². The number of phenols is 1. The van der Waals surface area contributed by atoms with Crippen molar-refractivity contribution >= 4 is 34.4 Å². The number of rotatable bonds is 5. The van der Waals surface area contributed by atoms with E-state index in [0.29, 0.717) is 36.5 Å². The van der Waals surface area contributed by atoms with Crippen molar-refractivity contribution in [3.63, 3.8) is 0 Å². The van der Waals surface area contributed by atoms with Gasteiger partial charge >= 0.3 is 5.69 Å². The fraction of sp³-hybridized carbons (Fsp3) is 0.267. The van der Waals surface area contributed by atoms with Crippen LogP contribution in [0.1, 0.15) is 32.3 Å². The number of para-hydroxylation sites is 1. The Balaban J connectivity index is 1.80. The van der Waals surface area contributed by atoms with E-state index in [-0.39, 0.29) is 45.5 Å². The number of benzene rings is 2. The molecule has 3 heterocycles. The minimum atomic E-state index is -0.565. The largest absolute Gasteiger partial charge is 0.507 e. The molecule has 1 amide bonds. The molecule has 1 fully saturated rings. The highest BCUT2D eigenvalue weighted by atomic mass is 35.5. The molecule has 4 aromatic rings. The Hall–Kier alpha value is -4.24. The highest BCUT2D eigenvalue weighted by Gasteiger charge is 2.30.